The first-order chi connectivity index (χ1) is 7.34. The number of carboxylic acid groups (broad SMARTS) is 1. The smallest absolute Gasteiger partial charge is 0.323 e. The molecule has 7 heteroatoms. The summed E-state index contributed by atoms with van der Waals surface area (Å²) >= 11 is 0. The molecule has 0 spiro atoms. The van der Waals surface area contributed by atoms with Crippen molar-refractivity contribution >= 4 is 16.0 Å². The second kappa shape index (κ2) is 5.11. The van der Waals surface area contributed by atoms with Gasteiger partial charge < -0.3 is 10.2 Å². The van der Waals surface area contributed by atoms with E-state index in [0.29, 0.717) is 6.42 Å². The van der Waals surface area contributed by atoms with Gasteiger partial charge in [-0.1, -0.05) is 6.42 Å². The van der Waals surface area contributed by atoms with Gasteiger partial charge >= 0.3 is 5.97 Å². The number of rotatable bonds is 5. The topological polar surface area (TPSA) is 104 Å². The third-order valence-corrected chi connectivity index (χ3v) is 4.68. The van der Waals surface area contributed by atoms with Crippen molar-refractivity contribution in [2.75, 3.05) is 6.54 Å². The lowest BCUT2D eigenvalue weighted by atomic mass is 10.1. The van der Waals surface area contributed by atoms with Gasteiger partial charge in [0.05, 0.1) is 6.10 Å². The first-order valence-corrected chi connectivity index (χ1v) is 6.78. The number of hydrogen-bond donors (Lipinski definition) is 3. The molecule has 0 amide bonds. The number of aliphatic carboxylic acids is 1. The highest BCUT2D eigenvalue weighted by Gasteiger charge is 2.30. The minimum atomic E-state index is -3.83. The summed E-state index contributed by atoms with van der Waals surface area (Å²) in [5, 5.41) is 16.6. The third-order valence-electron chi connectivity index (χ3n) is 2.98. The number of aliphatic hydroxyl groups excluding tert-OH is 1. The predicted molar refractivity (Wildman–Crippen MR) is 57.4 cm³/mol. The molecule has 1 aliphatic carbocycles. The first kappa shape index (κ1) is 13.4. The van der Waals surface area contributed by atoms with E-state index < -0.39 is 27.3 Å². The van der Waals surface area contributed by atoms with Crippen molar-refractivity contribution in [1.29, 1.82) is 0 Å². The zero-order valence-electron chi connectivity index (χ0n) is 9.09. The summed E-state index contributed by atoms with van der Waals surface area (Å²) in [6.07, 6.45) is 1.84. The monoisotopic (exact) mass is 251 g/mol. The summed E-state index contributed by atoms with van der Waals surface area (Å²) in [6.45, 7) is 1.23. The van der Waals surface area contributed by atoms with E-state index in [1.54, 1.807) is 0 Å². The standard InChI is InChI=1S/C9H17NO5S/c1-6(9(12)13)16(14,15)10-5-7-3-2-4-8(7)11/h6-8,10-11H,2-5H2,1H3,(H,12,13). The van der Waals surface area contributed by atoms with Crippen LogP contribution in [-0.2, 0) is 14.8 Å². The van der Waals surface area contributed by atoms with E-state index in [0.717, 1.165) is 19.8 Å². The van der Waals surface area contributed by atoms with Crippen molar-refractivity contribution in [3.63, 3.8) is 0 Å². The van der Waals surface area contributed by atoms with Crippen molar-refractivity contribution in [3.05, 3.63) is 0 Å². The van der Waals surface area contributed by atoms with Crippen molar-refractivity contribution in [1.82, 2.24) is 4.72 Å². The van der Waals surface area contributed by atoms with E-state index in [1.807, 2.05) is 0 Å². The average Bonchev–Trinajstić information content (AvgIpc) is 2.60. The Morgan fingerprint density at radius 2 is 2.12 bits per heavy atom. The molecule has 0 aliphatic heterocycles. The highest BCUT2D eigenvalue weighted by atomic mass is 32.2. The van der Waals surface area contributed by atoms with Crippen LogP contribution in [0.3, 0.4) is 0 Å². The Balaban J connectivity index is 2.51. The molecule has 0 aromatic rings. The molecule has 0 saturated heterocycles. The fraction of sp³-hybridized carbons (Fsp3) is 0.889. The van der Waals surface area contributed by atoms with Crippen molar-refractivity contribution in [3.8, 4) is 0 Å². The summed E-state index contributed by atoms with van der Waals surface area (Å²) in [6, 6.07) is 0. The molecule has 3 atom stereocenters. The van der Waals surface area contributed by atoms with Gasteiger partial charge in [-0.05, 0) is 25.7 Å². The quantitative estimate of drug-likeness (QED) is 0.613. The largest absolute Gasteiger partial charge is 0.480 e. The van der Waals surface area contributed by atoms with Crippen LogP contribution in [0.15, 0.2) is 0 Å². The molecule has 3 unspecified atom stereocenters. The number of carbonyl (C=O) groups is 1. The van der Waals surface area contributed by atoms with Gasteiger partial charge in [0.1, 0.15) is 0 Å². The molecule has 1 fully saturated rings. The molecule has 1 saturated carbocycles. The third kappa shape index (κ3) is 3.16. The van der Waals surface area contributed by atoms with Crippen LogP contribution in [0, 0.1) is 5.92 Å². The van der Waals surface area contributed by atoms with Crippen LogP contribution in [-0.4, -0.2) is 42.5 Å². The molecule has 1 rings (SSSR count). The van der Waals surface area contributed by atoms with Crippen molar-refractivity contribution < 1.29 is 23.4 Å². The van der Waals surface area contributed by atoms with Gasteiger partial charge in [0.15, 0.2) is 5.25 Å². The van der Waals surface area contributed by atoms with Gasteiger partial charge in [0, 0.05) is 6.54 Å². The normalized spacial score (nSPS) is 27.9. The SMILES string of the molecule is CC(C(=O)O)S(=O)(=O)NCC1CCCC1O. The van der Waals surface area contributed by atoms with Crippen LogP contribution >= 0.6 is 0 Å². The summed E-state index contributed by atoms with van der Waals surface area (Å²) in [4.78, 5) is 10.5. The van der Waals surface area contributed by atoms with Crippen LogP contribution in [0.2, 0.25) is 0 Å². The molecule has 0 aromatic heterocycles. The Labute approximate surface area is 94.7 Å². The van der Waals surface area contributed by atoms with Crippen LogP contribution < -0.4 is 4.72 Å². The van der Waals surface area contributed by atoms with Gasteiger partial charge in [-0.25, -0.2) is 13.1 Å². The molecule has 1 aliphatic rings. The number of sulfonamides is 1. The molecule has 16 heavy (non-hydrogen) atoms. The molecule has 94 valence electrons. The lowest BCUT2D eigenvalue weighted by Gasteiger charge is -2.16. The maximum Gasteiger partial charge on any atom is 0.323 e. The highest BCUT2D eigenvalue weighted by molar-refractivity contribution is 7.90. The fourth-order valence-corrected chi connectivity index (χ4v) is 2.70. The minimum Gasteiger partial charge on any atom is -0.480 e. The Bertz CT molecular complexity index is 353. The second-order valence-corrected chi connectivity index (χ2v) is 6.22. The maximum absolute atomic E-state index is 11.5. The highest BCUT2D eigenvalue weighted by Crippen LogP contribution is 2.24. The summed E-state index contributed by atoms with van der Waals surface area (Å²) < 4.78 is 25.2. The van der Waals surface area contributed by atoms with Gasteiger partial charge in [-0.2, -0.15) is 0 Å². The molecular formula is C9H17NO5S. The Morgan fingerprint density at radius 1 is 1.50 bits per heavy atom. The van der Waals surface area contributed by atoms with E-state index in [1.165, 1.54) is 0 Å². The van der Waals surface area contributed by atoms with E-state index >= 15 is 0 Å². The van der Waals surface area contributed by atoms with Crippen LogP contribution in [0.25, 0.3) is 0 Å². The number of aliphatic hydroxyl groups is 1. The van der Waals surface area contributed by atoms with E-state index in [-0.39, 0.29) is 12.5 Å². The van der Waals surface area contributed by atoms with Gasteiger partial charge in [-0.3, -0.25) is 4.79 Å². The van der Waals surface area contributed by atoms with Crippen LogP contribution in [0.4, 0.5) is 0 Å². The first-order valence-electron chi connectivity index (χ1n) is 5.24. The molecular weight excluding hydrogens is 234 g/mol. The van der Waals surface area contributed by atoms with E-state index in [9.17, 15) is 18.3 Å². The van der Waals surface area contributed by atoms with Gasteiger partial charge in [0.2, 0.25) is 10.0 Å². The molecule has 6 nitrogen and oxygen atoms in total. The zero-order valence-corrected chi connectivity index (χ0v) is 9.90. The summed E-state index contributed by atoms with van der Waals surface area (Å²) in [7, 11) is -3.83. The zero-order chi connectivity index (χ0) is 12.3. The van der Waals surface area contributed by atoms with Gasteiger partial charge in [0.25, 0.3) is 0 Å². The Morgan fingerprint density at radius 3 is 2.56 bits per heavy atom. The molecule has 0 aromatic carbocycles. The van der Waals surface area contributed by atoms with E-state index in [2.05, 4.69) is 4.72 Å². The van der Waals surface area contributed by atoms with Crippen LogP contribution in [0.5, 0.6) is 0 Å². The Hall–Kier alpha value is -0.660. The minimum absolute atomic E-state index is 0.101. The number of hydrogen-bond acceptors (Lipinski definition) is 4. The molecule has 0 radical (unpaired) electrons. The second-order valence-electron chi connectivity index (χ2n) is 4.13. The molecule has 0 heterocycles. The van der Waals surface area contributed by atoms with Crippen molar-refractivity contribution in [2.45, 2.75) is 37.5 Å². The lowest BCUT2D eigenvalue weighted by Crippen LogP contribution is -2.40. The van der Waals surface area contributed by atoms with Gasteiger partial charge in [-0.15, -0.1) is 0 Å². The fourth-order valence-electron chi connectivity index (χ4n) is 1.74. The lowest BCUT2D eigenvalue weighted by molar-refractivity contribution is -0.136. The number of nitrogens with one attached hydrogen (secondary N) is 1. The summed E-state index contributed by atoms with van der Waals surface area (Å²) in [5.41, 5.74) is 0. The van der Waals surface area contributed by atoms with E-state index in [4.69, 9.17) is 5.11 Å². The summed E-state index contributed by atoms with van der Waals surface area (Å²) in [5.74, 6) is -1.48. The molecule has 3 N–H and O–H groups in total. The number of carboxylic acids is 1. The molecule has 0 bridgehead atoms. The maximum atomic E-state index is 11.5. The average molecular weight is 251 g/mol. The Kier molecular flexibility index (Phi) is 4.28. The predicted octanol–water partition coefficient (Wildman–Crippen LogP) is -0.460. The van der Waals surface area contributed by atoms with Crippen LogP contribution in [0.1, 0.15) is 26.2 Å². The van der Waals surface area contributed by atoms with Crippen molar-refractivity contribution in [2.24, 2.45) is 5.92 Å².